The van der Waals surface area contributed by atoms with E-state index in [0.29, 0.717) is 5.82 Å². The first-order valence-electron chi connectivity index (χ1n) is 13.2. The molecular formula is C29H31N7O2S. The number of aromatic nitrogens is 4. The van der Waals surface area contributed by atoms with Crippen LogP contribution in [0.4, 0.5) is 11.5 Å². The molecule has 5 heterocycles. The first kappa shape index (κ1) is 25.2. The van der Waals surface area contributed by atoms with Gasteiger partial charge in [0.15, 0.2) is 5.82 Å². The Morgan fingerprint density at radius 1 is 1.00 bits per heavy atom. The quantitative estimate of drug-likeness (QED) is 0.395. The van der Waals surface area contributed by atoms with Crippen molar-refractivity contribution in [2.24, 2.45) is 10.9 Å². The second-order valence-corrected chi connectivity index (χ2v) is 11.4. The third-order valence-electron chi connectivity index (χ3n) is 7.81. The molecule has 0 amide bonds. The lowest BCUT2D eigenvalue weighted by molar-refractivity contribution is -0.141. The van der Waals surface area contributed by atoms with Crippen molar-refractivity contribution in [1.29, 1.82) is 0 Å². The van der Waals surface area contributed by atoms with Crippen LogP contribution in [0, 0.1) is 26.7 Å². The number of fused-ring (bicyclic) bond motifs is 3. The van der Waals surface area contributed by atoms with Gasteiger partial charge in [0.25, 0.3) is 0 Å². The van der Waals surface area contributed by atoms with E-state index in [2.05, 4.69) is 69.2 Å². The number of nitrogens with zero attached hydrogens (tertiary/aromatic N) is 7. The summed E-state index contributed by atoms with van der Waals surface area (Å²) < 4.78 is 2.00. The van der Waals surface area contributed by atoms with Gasteiger partial charge >= 0.3 is 5.97 Å². The number of aryl methyl sites for hydroxylation is 2. The van der Waals surface area contributed by atoms with E-state index < -0.39 is 17.9 Å². The molecule has 0 radical (unpaired) electrons. The van der Waals surface area contributed by atoms with Gasteiger partial charge in [0.05, 0.1) is 11.6 Å². The van der Waals surface area contributed by atoms with E-state index in [0.717, 1.165) is 70.9 Å². The Labute approximate surface area is 231 Å². The molecule has 0 bridgehead atoms. The number of piperazine rings is 1. The Balaban J connectivity index is 1.35. The standard InChI is InChI=1S/C29H31N7O2S/c1-17-19(3)39-28-24(17)26(31-25(18(2)29(37)38)27-33-32-20(4)36(27)28)21-8-10-22(11-9-21)34-13-15-35(16-14-34)23-7-5-6-12-30-23/h5-12,18,25H,13-16H2,1-4H3,(H,37,38)/t18?,25-/m0/s1. The predicted molar refractivity (Wildman–Crippen MR) is 154 cm³/mol. The number of hydrogen-bond acceptors (Lipinski definition) is 8. The highest BCUT2D eigenvalue weighted by Crippen LogP contribution is 2.40. The Kier molecular flexibility index (Phi) is 6.42. The number of carboxylic acid groups (broad SMARTS) is 1. The number of aliphatic imine (C=N–C) groups is 1. The van der Waals surface area contributed by atoms with E-state index in [1.165, 1.54) is 4.88 Å². The van der Waals surface area contributed by atoms with E-state index in [9.17, 15) is 9.90 Å². The summed E-state index contributed by atoms with van der Waals surface area (Å²) in [7, 11) is 0. The lowest BCUT2D eigenvalue weighted by Crippen LogP contribution is -2.46. The number of anilines is 2. The molecule has 10 heteroatoms. The van der Waals surface area contributed by atoms with Gasteiger partial charge in [-0.25, -0.2) is 4.98 Å². The third-order valence-corrected chi connectivity index (χ3v) is 9.00. The summed E-state index contributed by atoms with van der Waals surface area (Å²) in [5.41, 5.74) is 5.11. The normalized spacial score (nSPS) is 17.7. The highest BCUT2D eigenvalue weighted by atomic mass is 32.1. The number of rotatable bonds is 5. The molecule has 9 nitrogen and oxygen atoms in total. The molecule has 6 rings (SSSR count). The predicted octanol–water partition coefficient (Wildman–Crippen LogP) is 4.59. The highest BCUT2D eigenvalue weighted by molar-refractivity contribution is 7.15. The van der Waals surface area contributed by atoms with E-state index in [-0.39, 0.29) is 0 Å². The maximum Gasteiger partial charge on any atom is 0.308 e. The Morgan fingerprint density at radius 2 is 1.72 bits per heavy atom. The number of carboxylic acids is 1. The fourth-order valence-electron chi connectivity index (χ4n) is 5.38. The van der Waals surface area contributed by atoms with Crippen molar-refractivity contribution in [1.82, 2.24) is 19.7 Å². The largest absolute Gasteiger partial charge is 0.481 e. The van der Waals surface area contributed by atoms with Gasteiger partial charge in [-0.3, -0.25) is 14.4 Å². The van der Waals surface area contributed by atoms with E-state index >= 15 is 0 Å². The van der Waals surface area contributed by atoms with E-state index in [1.54, 1.807) is 18.3 Å². The van der Waals surface area contributed by atoms with Crippen molar-refractivity contribution in [3.63, 3.8) is 0 Å². The number of carbonyl (C=O) groups is 1. The van der Waals surface area contributed by atoms with Crippen LogP contribution in [-0.4, -0.2) is 62.7 Å². The summed E-state index contributed by atoms with van der Waals surface area (Å²) in [6, 6.07) is 13.9. The molecule has 2 aliphatic rings. The van der Waals surface area contributed by atoms with Gasteiger partial charge in [0.2, 0.25) is 0 Å². The van der Waals surface area contributed by atoms with Crippen molar-refractivity contribution in [3.05, 3.63) is 81.9 Å². The van der Waals surface area contributed by atoms with Gasteiger partial charge in [-0.15, -0.1) is 21.5 Å². The molecule has 4 aromatic rings. The average Bonchev–Trinajstić information content (AvgIpc) is 3.43. The molecule has 1 saturated heterocycles. The monoisotopic (exact) mass is 541 g/mol. The summed E-state index contributed by atoms with van der Waals surface area (Å²) in [5, 5.41) is 19.6. The SMILES string of the molecule is Cc1sc2c(c1C)C(c1ccc(N3CCN(c4ccccn4)CC3)cc1)=N[C@@H](C(C)C(=O)O)c1nnc(C)n1-2. The zero-order valence-electron chi connectivity index (χ0n) is 22.5. The smallest absolute Gasteiger partial charge is 0.308 e. The Hall–Kier alpha value is -4.05. The molecule has 1 N–H and O–H groups in total. The van der Waals surface area contributed by atoms with Crippen molar-refractivity contribution in [2.45, 2.75) is 33.7 Å². The number of pyridine rings is 1. The molecular weight excluding hydrogens is 510 g/mol. The molecule has 0 spiro atoms. The molecule has 39 heavy (non-hydrogen) atoms. The summed E-state index contributed by atoms with van der Waals surface area (Å²) in [6.45, 7) is 11.5. The zero-order valence-corrected chi connectivity index (χ0v) is 23.3. The summed E-state index contributed by atoms with van der Waals surface area (Å²) in [5.74, 6) is 0.654. The molecule has 3 aromatic heterocycles. The fraction of sp³-hybridized carbons (Fsp3) is 0.345. The van der Waals surface area contributed by atoms with Gasteiger partial charge < -0.3 is 14.9 Å². The lowest BCUT2D eigenvalue weighted by atomic mass is 9.98. The Bertz CT molecular complexity index is 1550. The van der Waals surface area contributed by atoms with Crippen LogP contribution in [0.15, 0.2) is 53.7 Å². The number of thiophene rings is 1. The number of aliphatic carboxylic acids is 1. The lowest BCUT2D eigenvalue weighted by Gasteiger charge is -2.36. The van der Waals surface area contributed by atoms with Crippen LogP contribution in [0.5, 0.6) is 0 Å². The second-order valence-electron chi connectivity index (χ2n) is 10.2. The molecule has 1 fully saturated rings. The number of benzene rings is 1. The molecule has 0 aliphatic carbocycles. The molecule has 1 aromatic carbocycles. The topological polar surface area (TPSA) is 99.7 Å². The van der Waals surface area contributed by atoms with Crippen LogP contribution in [-0.2, 0) is 4.79 Å². The summed E-state index contributed by atoms with van der Waals surface area (Å²) >= 11 is 1.67. The van der Waals surface area contributed by atoms with Gasteiger partial charge in [0.1, 0.15) is 22.7 Å². The molecule has 1 unspecified atom stereocenters. The van der Waals surface area contributed by atoms with Gasteiger partial charge in [-0.05, 0) is 57.5 Å². The van der Waals surface area contributed by atoms with E-state index in [4.69, 9.17) is 4.99 Å². The first-order valence-corrected chi connectivity index (χ1v) is 14.0. The zero-order chi connectivity index (χ0) is 27.3. The van der Waals surface area contributed by atoms with Crippen molar-refractivity contribution >= 4 is 34.5 Å². The molecule has 2 atom stereocenters. The van der Waals surface area contributed by atoms with E-state index in [1.807, 2.05) is 29.8 Å². The maximum atomic E-state index is 12.1. The van der Waals surface area contributed by atoms with Crippen molar-refractivity contribution < 1.29 is 9.90 Å². The van der Waals surface area contributed by atoms with Crippen LogP contribution in [0.25, 0.3) is 5.00 Å². The van der Waals surface area contributed by atoms with Gasteiger partial charge in [-0.2, -0.15) is 0 Å². The average molecular weight is 542 g/mol. The van der Waals surface area contributed by atoms with Crippen molar-refractivity contribution in [3.8, 4) is 5.00 Å². The minimum atomic E-state index is -0.909. The number of hydrogen-bond donors (Lipinski definition) is 1. The molecule has 200 valence electrons. The van der Waals surface area contributed by atoms with Gasteiger partial charge in [0, 0.05) is 54.1 Å². The summed E-state index contributed by atoms with van der Waals surface area (Å²) in [4.78, 5) is 27.6. The van der Waals surface area contributed by atoms with Crippen LogP contribution < -0.4 is 9.80 Å². The minimum absolute atomic E-state index is 0.572. The molecule has 2 aliphatic heterocycles. The molecule has 0 saturated carbocycles. The van der Waals surface area contributed by atoms with Crippen LogP contribution >= 0.6 is 11.3 Å². The third kappa shape index (κ3) is 4.38. The van der Waals surface area contributed by atoms with Crippen LogP contribution in [0.2, 0.25) is 0 Å². The van der Waals surface area contributed by atoms with Crippen LogP contribution in [0.1, 0.15) is 46.2 Å². The minimum Gasteiger partial charge on any atom is -0.481 e. The van der Waals surface area contributed by atoms with Gasteiger partial charge in [-0.1, -0.05) is 18.2 Å². The maximum absolute atomic E-state index is 12.1. The highest BCUT2D eigenvalue weighted by Gasteiger charge is 2.36. The van der Waals surface area contributed by atoms with Crippen LogP contribution in [0.3, 0.4) is 0 Å². The first-order chi connectivity index (χ1) is 18.8. The fourth-order valence-corrected chi connectivity index (χ4v) is 6.60. The second kappa shape index (κ2) is 9.92. The Morgan fingerprint density at radius 3 is 2.38 bits per heavy atom. The van der Waals surface area contributed by atoms with Crippen molar-refractivity contribution in [2.75, 3.05) is 36.0 Å². The summed E-state index contributed by atoms with van der Waals surface area (Å²) in [6.07, 6.45) is 1.84.